The number of aromatic nitrogens is 2. The highest BCUT2D eigenvalue weighted by Crippen LogP contribution is 2.21. The molecular weight excluding hydrogens is 259 g/mol. The minimum atomic E-state index is -4.28. The van der Waals surface area contributed by atoms with E-state index in [0.717, 1.165) is 4.90 Å². The Morgan fingerprint density at radius 2 is 2.05 bits per heavy atom. The topological polar surface area (TPSA) is 49.0 Å². The SMILES string of the molecule is CN(CCC(F)(F)F)C(=O)c1n[nH]c2ccccc12. The van der Waals surface area contributed by atoms with Crippen LogP contribution in [0.4, 0.5) is 13.2 Å². The number of H-pyrrole nitrogens is 1. The molecule has 0 atom stereocenters. The molecule has 0 saturated heterocycles. The van der Waals surface area contributed by atoms with E-state index in [4.69, 9.17) is 0 Å². The van der Waals surface area contributed by atoms with Gasteiger partial charge in [0.2, 0.25) is 0 Å². The van der Waals surface area contributed by atoms with Crippen molar-refractivity contribution in [1.82, 2.24) is 15.1 Å². The van der Waals surface area contributed by atoms with Crippen LogP contribution in [0.25, 0.3) is 10.9 Å². The lowest BCUT2D eigenvalue weighted by Crippen LogP contribution is -2.30. The Kier molecular flexibility index (Phi) is 3.46. The highest BCUT2D eigenvalue weighted by atomic mass is 19.4. The van der Waals surface area contributed by atoms with Gasteiger partial charge in [-0.3, -0.25) is 9.89 Å². The molecule has 1 aromatic heterocycles. The predicted octanol–water partition coefficient (Wildman–Crippen LogP) is 2.59. The Morgan fingerprint density at radius 1 is 1.37 bits per heavy atom. The summed E-state index contributed by atoms with van der Waals surface area (Å²) in [6.07, 6.45) is -5.31. The average molecular weight is 271 g/mol. The first-order valence-electron chi connectivity index (χ1n) is 5.64. The zero-order valence-electron chi connectivity index (χ0n) is 10.2. The van der Waals surface area contributed by atoms with Gasteiger partial charge in [0.05, 0.1) is 11.9 Å². The molecular formula is C12H12F3N3O. The van der Waals surface area contributed by atoms with Crippen LogP contribution >= 0.6 is 0 Å². The first-order chi connectivity index (χ1) is 8.88. The van der Waals surface area contributed by atoms with E-state index in [0.29, 0.717) is 10.9 Å². The summed E-state index contributed by atoms with van der Waals surface area (Å²) in [5, 5.41) is 7.14. The fourth-order valence-corrected chi connectivity index (χ4v) is 1.70. The third-order valence-electron chi connectivity index (χ3n) is 2.75. The fraction of sp³-hybridized carbons (Fsp3) is 0.333. The van der Waals surface area contributed by atoms with Crippen molar-refractivity contribution in [3.8, 4) is 0 Å². The molecule has 1 aromatic carbocycles. The quantitative estimate of drug-likeness (QED) is 0.932. The van der Waals surface area contributed by atoms with Crippen molar-refractivity contribution in [1.29, 1.82) is 0 Å². The van der Waals surface area contributed by atoms with Crippen LogP contribution < -0.4 is 0 Å². The summed E-state index contributed by atoms with van der Waals surface area (Å²) in [6.45, 7) is -0.385. The molecule has 1 N–H and O–H groups in total. The number of para-hydroxylation sites is 1. The van der Waals surface area contributed by atoms with Crippen molar-refractivity contribution < 1.29 is 18.0 Å². The van der Waals surface area contributed by atoms with Gasteiger partial charge in [-0.25, -0.2) is 0 Å². The lowest BCUT2D eigenvalue weighted by Gasteiger charge is -2.17. The van der Waals surface area contributed by atoms with Crippen LogP contribution in [0.2, 0.25) is 0 Å². The maximum absolute atomic E-state index is 12.1. The lowest BCUT2D eigenvalue weighted by molar-refractivity contribution is -0.136. The van der Waals surface area contributed by atoms with Gasteiger partial charge in [0, 0.05) is 19.0 Å². The second-order valence-corrected chi connectivity index (χ2v) is 4.21. The average Bonchev–Trinajstić information content (AvgIpc) is 2.78. The van der Waals surface area contributed by atoms with Crippen LogP contribution in [0, 0.1) is 0 Å². The third kappa shape index (κ3) is 3.04. The number of hydrogen-bond donors (Lipinski definition) is 1. The van der Waals surface area contributed by atoms with E-state index in [1.54, 1.807) is 24.3 Å². The molecule has 0 saturated carbocycles. The van der Waals surface area contributed by atoms with Gasteiger partial charge >= 0.3 is 6.18 Å². The Hall–Kier alpha value is -2.05. The van der Waals surface area contributed by atoms with Crippen LogP contribution in [0.15, 0.2) is 24.3 Å². The van der Waals surface area contributed by atoms with Crippen molar-refractivity contribution in [2.24, 2.45) is 0 Å². The van der Waals surface area contributed by atoms with Crippen molar-refractivity contribution in [2.45, 2.75) is 12.6 Å². The van der Waals surface area contributed by atoms with Crippen molar-refractivity contribution in [3.63, 3.8) is 0 Å². The maximum atomic E-state index is 12.1. The van der Waals surface area contributed by atoms with E-state index in [2.05, 4.69) is 10.2 Å². The van der Waals surface area contributed by atoms with Gasteiger partial charge in [-0.15, -0.1) is 0 Å². The van der Waals surface area contributed by atoms with Gasteiger partial charge in [0.15, 0.2) is 5.69 Å². The zero-order chi connectivity index (χ0) is 14.0. The van der Waals surface area contributed by atoms with Gasteiger partial charge in [0.1, 0.15) is 0 Å². The van der Waals surface area contributed by atoms with Crippen LogP contribution in [0.3, 0.4) is 0 Å². The predicted molar refractivity (Wildman–Crippen MR) is 63.7 cm³/mol. The number of alkyl halides is 3. The highest BCUT2D eigenvalue weighted by Gasteiger charge is 2.28. The van der Waals surface area contributed by atoms with Gasteiger partial charge in [-0.05, 0) is 6.07 Å². The summed E-state index contributed by atoms with van der Waals surface area (Å²) < 4.78 is 36.3. The number of benzene rings is 1. The second-order valence-electron chi connectivity index (χ2n) is 4.21. The molecule has 4 nitrogen and oxygen atoms in total. The summed E-state index contributed by atoms with van der Waals surface area (Å²) >= 11 is 0. The minimum absolute atomic E-state index is 0.139. The standard InChI is InChI=1S/C12H12F3N3O/c1-18(7-6-12(13,14)15)11(19)10-8-4-2-3-5-9(8)16-17-10/h2-5H,6-7H2,1H3,(H,16,17). The number of aromatic amines is 1. The highest BCUT2D eigenvalue weighted by molar-refractivity contribution is 6.04. The molecule has 0 radical (unpaired) electrons. The summed E-state index contributed by atoms with van der Waals surface area (Å²) in [5.41, 5.74) is 0.815. The molecule has 0 bridgehead atoms. The van der Waals surface area contributed by atoms with Crippen LogP contribution in [-0.4, -0.2) is 40.8 Å². The molecule has 2 aromatic rings. The molecule has 19 heavy (non-hydrogen) atoms. The molecule has 1 heterocycles. The third-order valence-corrected chi connectivity index (χ3v) is 2.75. The van der Waals surface area contributed by atoms with Crippen LogP contribution in [0.1, 0.15) is 16.9 Å². The van der Waals surface area contributed by atoms with E-state index in [9.17, 15) is 18.0 Å². The van der Waals surface area contributed by atoms with E-state index < -0.39 is 18.5 Å². The molecule has 1 amide bonds. The van der Waals surface area contributed by atoms with E-state index in [1.807, 2.05) is 0 Å². The Morgan fingerprint density at radius 3 is 2.74 bits per heavy atom. The molecule has 2 rings (SSSR count). The Bertz CT molecular complexity index is 591. The number of carbonyl (C=O) groups excluding carboxylic acids is 1. The van der Waals surface area contributed by atoms with Crippen molar-refractivity contribution in [2.75, 3.05) is 13.6 Å². The van der Waals surface area contributed by atoms with Crippen LogP contribution in [0.5, 0.6) is 0 Å². The number of nitrogens with zero attached hydrogens (tertiary/aromatic N) is 2. The molecule has 0 aliphatic heterocycles. The van der Waals surface area contributed by atoms with E-state index in [-0.39, 0.29) is 12.2 Å². The summed E-state index contributed by atoms with van der Waals surface area (Å²) in [6, 6.07) is 6.96. The lowest BCUT2D eigenvalue weighted by atomic mass is 10.2. The van der Waals surface area contributed by atoms with Crippen molar-refractivity contribution in [3.05, 3.63) is 30.0 Å². The smallest absolute Gasteiger partial charge is 0.340 e. The number of carbonyl (C=O) groups is 1. The summed E-state index contributed by atoms with van der Waals surface area (Å²) in [4.78, 5) is 13.0. The maximum Gasteiger partial charge on any atom is 0.390 e. The monoisotopic (exact) mass is 271 g/mol. The van der Waals surface area contributed by atoms with Gasteiger partial charge in [0.25, 0.3) is 5.91 Å². The van der Waals surface area contributed by atoms with Crippen LogP contribution in [-0.2, 0) is 0 Å². The Labute approximate surface area is 107 Å². The molecule has 0 unspecified atom stereocenters. The number of rotatable bonds is 3. The number of fused-ring (bicyclic) bond motifs is 1. The summed E-state index contributed by atoms with van der Waals surface area (Å²) in [5.74, 6) is -0.526. The fourth-order valence-electron chi connectivity index (χ4n) is 1.70. The normalized spacial score (nSPS) is 11.8. The largest absolute Gasteiger partial charge is 0.390 e. The van der Waals surface area contributed by atoms with Gasteiger partial charge in [-0.1, -0.05) is 18.2 Å². The molecule has 7 heteroatoms. The van der Waals surface area contributed by atoms with Crippen molar-refractivity contribution >= 4 is 16.8 Å². The second kappa shape index (κ2) is 4.91. The van der Waals surface area contributed by atoms with Gasteiger partial charge < -0.3 is 4.90 Å². The first-order valence-corrected chi connectivity index (χ1v) is 5.64. The molecule has 0 aliphatic carbocycles. The number of amides is 1. The number of nitrogens with one attached hydrogen (secondary N) is 1. The summed E-state index contributed by atoms with van der Waals surface area (Å²) in [7, 11) is 1.33. The zero-order valence-corrected chi connectivity index (χ0v) is 10.2. The number of hydrogen-bond acceptors (Lipinski definition) is 2. The number of halogens is 3. The molecule has 0 fully saturated rings. The van der Waals surface area contributed by atoms with Gasteiger partial charge in [-0.2, -0.15) is 18.3 Å². The molecule has 0 spiro atoms. The minimum Gasteiger partial charge on any atom is -0.340 e. The molecule has 0 aliphatic rings. The first kappa shape index (κ1) is 13.4. The van der Waals surface area contributed by atoms with E-state index >= 15 is 0 Å². The van der Waals surface area contributed by atoms with E-state index in [1.165, 1.54) is 7.05 Å². The Balaban J connectivity index is 2.15. The molecule has 102 valence electrons.